The average molecular weight is 501 g/mol. The topological polar surface area (TPSA) is 86.4 Å². The number of carbonyl (C=O) groups is 2. The third-order valence-electron chi connectivity index (χ3n) is 5.05. The maximum Gasteiger partial charge on any atom is 0.450 e. The summed E-state index contributed by atoms with van der Waals surface area (Å²) in [6.45, 7) is 3.04. The number of hydrogen-bond donors (Lipinski definition) is 1. The quantitative estimate of drug-likeness (QED) is 0.258. The van der Waals surface area contributed by atoms with Crippen LogP contribution in [-0.4, -0.2) is 28.3 Å². The van der Waals surface area contributed by atoms with E-state index in [0.717, 1.165) is 6.07 Å². The summed E-state index contributed by atoms with van der Waals surface area (Å²) in [6, 6.07) is 14.3. The van der Waals surface area contributed by atoms with E-state index in [1.54, 1.807) is 25.1 Å². The summed E-state index contributed by atoms with van der Waals surface area (Å²) in [5, 5.41) is 6.61. The van der Waals surface area contributed by atoms with Crippen LogP contribution in [0.2, 0.25) is 0 Å². The van der Waals surface area contributed by atoms with Crippen LogP contribution in [0.5, 0.6) is 0 Å². The van der Waals surface area contributed by atoms with E-state index in [-0.39, 0.29) is 35.1 Å². The molecule has 0 bridgehead atoms. The Morgan fingerprint density at radius 2 is 1.83 bits per heavy atom. The Bertz CT molecular complexity index is 1440. The second-order valence-electron chi connectivity index (χ2n) is 7.63. The molecule has 11 heteroatoms. The molecule has 36 heavy (non-hydrogen) atoms. The number of amides is 1. The fourth-order valence-electron chi connectivity index (χ4n) is 3.55. The molecule has 186 valence electrons. The zero-order chi connectivity index (χ0) is 26.0. The lowest BCUT2D eigenvalue weighted by molar-refractivity contribution is -0.153. The SMILES string of the molecule is CCOC(=O)c1cc(-c2cccc(NC(=O)c3cc(C)oc3C(F)(F)F)c2)n(-c2ccccc2F)n1. The number of aromatic nitrogens is 2. The van der Waals surface area contributed by atoms with Gasteiger partial charge in [-0.2, -0.15) is 18.3 Å². The molecule has 2 aromatic heterocycles. The molecule has 1 N–H and O–H groups in total. The highest BCUT2D eigenvalue weighted by atomic mass is 19.4. The number of ether oxygens (including phenoxy) is 1. The molecule has 0 saturated heterocycles. The molecule has 2 heterocycles. The largest absolute Gasteiger partial charge is 0.461 e. The first-order chi connectivity index (χ1) is 17.1. The maximum atomic E-state index is 14.6. The normalized spacial score (nSPS) is 11.4. The van der Waals surface area contributed by atoms with Gasteiger partial charge in [-0.05, 0) is 50.2 Å². The summed E-state index contributed by atoms with van der Waals surface area (Å²) in [4.78, 5) is 24.9. The standard InChI is InChI=1S/C25H19F4N3O4/c1-3-35-24(34)19-13-21(32(31-19)20-10-5-4-9-18(20)26)15-7-6-8-16(12-15)30-23(33)17-11-14(2)36-22(17)25(27,28)29/h4-13H,3H2,1-2H3,(H,30,33). The van der Waals surface area contributed by atoms with Gasteiger partial charge in [0, 0.05) is 11.3 Å². The van der Waals surface area contributed by atoms with Crippen molar-refractivity contribution in [3.63, 3.8) is 0 Å². The molecule has 0 aliphatic carbocycles. The van der Waals surface area contributed by atoms with Crippen LogP contribution in [0.3, 0.4) is 0 Å². The Morgan fingerprint density at radius 3 is 2.53 bits per heavy atom. The molecule has 0 aliphatic heterocycles. The summed E-state index contributed by atoms with van der Waals surface area (Å²) in [7, 11) is 0. The average Bonchev–Trinajstić information content (AvgIpc) is 3.44. The minimum absolute atomic E-state index is 0.0566. The molecule has 0 atom stereocenters. The summed E-state index contributed by atoms with van der Waals surface area (Å²) in [5.74, 6) is -3.80. The van der Waals surface area contributed by atoms with E-state index in [0.29, 0.717) is 5.56 Å². The van der Waals surface area contributed by atoms with Crippen molar-refractivity contribution in [1.82, 2.24) is 9.78 Å². The molecule has 0 saturated carbocycles. The fraction of sp³-hybridized carbons (Fsp3) is 0.160. The zero-order valence-corrected chi connectivity index (χ0v) is 19.0. The molecule has 0 fully saturated rings. The second kappa shape index (κ2) is 9.68. The van der Waals surface area contributed by atoms with Gasteiger partial charge in [-0.3, -0.25) is 4.79 Å². The summed E-state index contributed by atoms with van der Waals surface area (Å²) >= 11 is 0. The molecule has 4 rings (SSSR count). The van der Waals surface area contributed by atoms with Crippen molar-refractivity contribution in [3.8, 4) is 16.9 Å². The van der Waals surface area contributed by atoms with Gasteiger partial charge in [0.1, 0.15) is 17.3 Å². The maximum absolute atomic E-state index is 14.6. The van der Waals surface area contributed by atoms with Crippen molar-refractivity contribution >= 4 is 17.6 Å². The predicted molar refractivity (Wildman–Crippen MR) is 121 cm³/mol. The van der Waals surface area contributed by atoms with Gasteiger partial charge in [0.2, 0.25) is 5.76 Å². The molecular weight excluding hydrogens is 482 g/mol. The summed E-state index contributed by atoms with van der Waals surface area (Å²) in [6.07, 6.45) is -4.85. The smallest absolute Gasteiger partial charge is 0.450 e. The summed E-state index contributed by atoms with van der Waals surface area (Å²) in [5.41, 5.74) is 0.164. The Hall–Kier alpha value is -4.41. The Morgan fingerprint density at radius 1 is 1.08 bits per heavy atom. The van der Waals surface area contributed by atoms with Gasteiger partial charge in [0.05, 0.1) is 17.9 Å². The number of hydrogen-bond acceptors (Lipinski definition) is 5. The minimum atomic E-state index is -4.85. The van der Waals surface area contributed by atoms with Crippen LogP contribution < -0.4 is 5.32 Å². The second-order valence-corrected chi connectivity index (χ2v) is 7.63. The van der Waals surface area contributed by atoms with Crippen molar-refractivity contribution in [3.05, 3.63) is 89.3 Å². The van der Waals surface area contributed by atoms with E-state index in [9.17, 15) is 27.2 Å². The number of aryl methyl sites for hydroxylation is 1. The highest BCUT2D eigenvalue weighted by Crippen LogP contribution is 2.35. The number of furan rings is 1. The van der Waals surface area contributed by atoms with Gasteiger partial charge in [0.25, 0.3) is 5.91 Å². The lowest BCUT2D eigenvalue weighted by Crippen LogP contribution is -2.16. The number of esters is 1. The van der Waals surface area contributed by atoms with Gasteiger partial charge in [-0.25, -0.2) is 13.9 Å². The van der Waals surface area contributed by atoms with Gasteiger partial charge in [-0.15, -0.1) is 0 Å². The number of nitrogens with zero attached hydrogens (tertiary/aromatic N) is 2. The summed E-state index contributed by atoms with van der Waals surface area (Å²) < 4.78 is 65.2. The molecule has 7 nitrogen and oxygen atoms in total. The monoisotopic (exact) mass is 501 g/mol. The molecule has 0 aliphatic rings. The van der Waals surface area contributed by atoms with Gasteiger partial charge in [0.15, 0.2) is 5.69 Å². The number of halogens is 4. The van der Waals surface area contributed by atoms with Crippen LogP contribution in [0.15, 0.2) is 65.1 Å². The van der Waals surface area contributed by atoms with Crippen LogP contribution in [0, 0.1) is 12.7 Å². The van der Waals surface area contributed by atoms with Crippen molar-refractivity contribution in [2.75, 3.05) is 11.9 Å². The number of carbonyl (C=O) groups excluding carboxylic acids is 2. The Balaban J connectivity index is 1.73. The first kappa shape index (κ1) is 24.7. The fourth-order valence-corrected chi connectivity index (χ4v) is 3.55. The lowest BCUT2D eigenvalue weighted by atomic mass is 10.1. The van der Waals surface area contributed by atoms with Gasteiger partial charge < -0.3 is 14.5 Å². The minimum Gasteiger partial charge on any atom is -0.461 e. The Kier molecular flexibility index (Phi) is 6.65. The van der Waals surface area contributed by atoms with Crippen molar-refractivity contribution in [2.24, 2.45) is 0 Å². The first-order valence-corrected chi connectivity index (χ1v) is 10.7. The Labute approximate surface area is 202 Å². The van der Waals surface area contributed by atoms with Gasteiger partial charge in [-0.1, -0.05) is 24.3 Å². The number of anilines is 1. The number of benzene rings is 2. The van der Waals surface area contributed by atoms with Crippen LogP contribution >= 0.6 is 0 Å². The van der Waals surface area contributed by atoms with E-state index in [1.165, 1.54) is 48.0 Å². The molecule has 0 unspecified atom stereocenters. The van der Waals surface area contributed by atoms with Crippen molar-refractivity contribution < 1.29 is 36.3 Å². The molecule has 1 amide bonds. The molecule has 0 spiro atoms. The third kappa shape index (κ3) is 4.99. The highest BCUT2D eigenvalue weighted by Gasteiger charge is 2.40. The van der Waals surface area contributed by atoms with E-state index in [2.05, 4.69) is 14.8 Å². The number of nitrogens with one attached hydrogen (secondary N) is 1. The van der Waals surface area contributed by atoms with Crippen molar-refractivity contribution in [2.45, 2.75) is 20.0 Å². The molecule has 4 aromatic rings. The molecule has 2 aromatic carbocycles. The van der Waals surface area contributed by atoms with Crippen LogP contribution in [0.25, 0.3) is 16.9 Å². The number of rotatable bonds is 6. The third-order valence-corrected chi connectivity index (χ3v) is 5.05. The molecule has 0 radical (unpaired) electrons. The number of alkyl halides is 3. The van der Waals surface area contributed by atoms with E-state index in [4.69, 9.17) is 4.74 Å². The predicted octanol–water partition coefficient (Wildman–Crippen LogP) is 6.03. The van der Waals surface area contributed by atoms with E-state index < -0.39 is 35.2 Å². The zero-order valence-electron chi connectivity index (χ0n) is 19.0. The van der Waals surface area contributed by atoms with E-state index in [1.807, 2.05) is 0 Å². The van der Waals surface area contributed by atoms with Crippen LogP contribution in [0.1, 0.15) is 39.3 Å². The van der Waals surface area contributed by atoms with Crippen LogP contribution in [0.4, 0.5) is 23.2 Å². The molecular formula is C25H19F4N3O4. The lowest BCUT2D eigenvalue weighted by Gasteiger charge is -2.11. The van der Waals surface area contributed by atoms with E-state index >= 15 is 0 Å². The number of para-hydroxylation sites is 1. The van der Waals surface area contributed by atoms with Crippen LogP contribution in [-0.2, 0) is 10.9 Å². The van der Waals surface area contributed by atoms with Crippen molar-refractivity contribution in [1.29, 1.82) is 0 Å². The van der Waals surface area contributed by atoms with Gasteiger partial charge >= 0.3 is 12.1 Å². The highest BCUT2D eigenvalue weighted by molar-refractivity contribution is 6.05. The first-order valence-electron chi connectivity index (χ1n) is 10.7.